The molecule has 6 aromatic carbocycles. The number of thioether (sulfide) groups is 1. The minimum atomic E-state index is -0.487. The first-order valence-electron chi connectivity index (χ1n) is 29.0. The van der Waals surface area contributed by atoms with E-state index in [1.54, 1.807) is 12.4 Å². The molecular weight excluding hydrogens is 1150 g/mol. The predicted octanol–water partition coefficient (Wildman–Crippen LogP) is 16.4. The van der Waals surface area contributed by atoms with Gasteiger partial charge in [-0.3, -0.25) is 29.3 Å². The summed E-state index contributed by atoms with van der Waals surface area (Å²) in [5, 5.41) is 0.296. The van der Waals surface area contributed by atoms with Crippen LogP contribution in [0.4, 0.5) is 45.5 Å². The molecule has 3 saturated carbocycles. The van der Waals surface area contributed by atoms with E-state index < -0.39 is 11.7 Å². The number of aryl methyl sites for hydroxylation is 4. The Morgan fingerprint density at radius 2 is 1.02 bits per heavy atom. The summed E-state index contributed by atoms with van der Waals surface area (Å²) < 4.78 is 19.2. The fraction of sp³-hybridized carbons (Fsp3) is 0.235. The zero-order valence-corrected chi connectivity index (χ0v) is 51.1. The molecule has 426 valence electrons. The number of carbonyl (C=O) groups excluding carboxylic acids is 3. The number of fused-ring (bicyclic) bond motifs is 4. The van der Waals surface area contributed by atoms with Gasteiger partial charge < -0.3 is 9.80 Å². The van der Waals surface area contributed by atoms with E-state index in [1.807, 2.05) is 6.92 Å². The van der Waals surface area contributed by atoms with Gasteiger partial charge in [0.25, 0.3) is 5.91 Å². The van der Waals surface area contributed by atoms with Crippen LogP contribution in [-0.4, -0.2) is 71.5 Å². The number of anilines is 6. The lowest BCUT2D eigenvalue weighted by Gasteiger charge is -2.44. The molecule has 3 aliphatic carbocycles. The Hall–Kier alpha value is -8.55. The average Bonchev–Trinajstić information content (AvgIpc) is 2.45. The van der Waals surface area contributed by atoms with E-state index in [0.717, 1.165) is 94.4 Å². The Morgan fingerprint density at radius 3 is 1.55 bits per heavy atom. The smallest absolute Gasteiger partial charge is 0.284 e. The molecule has 5 heterocycles. The van der Waals surface area contributed by atoms with Crippen LogP contribution in [-0.2, 0) is 14.4 Å². The van der Waals surface area contributed by atoms with Gasteiger partial charge in [-0.05, 0) is 169 Å². The van der Waals surface area contributed by atoms with Gasteiger partial charge in [0, 0.05) is 63.6 Å². The van der Waals surface area contributed by atoms with Crippen molar-refractivity contribution >= 4 is 148 Å². The molecule has 0 bridgehead atoms. The van der Waals surface area contributed by atoms with Gasteiger partial charge in [0.2, 0.25) is 11.6 Å². The summed E-state index contributed by atoms with van der Waals surface area (Å²) in [7, 11) is 0. The maximum Gasteiger partial charge on any atom is 0.284 e. The van der Waals surface area contributed by atoms with Crippen LogP contribution in [0.2, 0.25) is 0 Å². The lowest BCUT2D eigenvalue weighted by atomic mass is 9.61. The van der Waals surface area contributed by atoms with Gasteiger partial charge in [-0.2, -0.15) is 17.5 Å². The average molecular weight is 1200 g/mol. The number of hydrogen-bond acceptors (Lipinski definition) is 17. The van der Waals surface area contributed by atoms with E-state index in [4.69, 9.17) is 35.9 Å². The molecule has 1 aliphatic heterocycles. The number of nitrogens with zero attached hydrogens (tertiary/aromatic N) is 11. The Bertz CT molecular complexity index is 4370. The van der Waals surface area contributed by atoms with Crippen LogP contribution in [0.1, 0.15) is 72.8 Å². The number of carbonyl (C=O) groups is 3. The summed E-state index contributed by atoms with van der Waals surface area (Å²) >= 11 is 8.79. The zero-order valence-electron chi connectivity index (χ0n) is 47.8. The largest absolute Gasteiger partial charge is 0.311 e. The van der Waals surface area contributed by atoms with E-state index in [2.05, 4.69) is 191 Å². The van der Waals surface area contributed by atoms with Gasteiger partial charge in [-0.25, -0.2) is 9.98 Å². The molecule has 10 aromatic rings. The fourth-order valence-corrected chi connectivity index (χ4v) is 15.5. The van der Waals surface area contributed by atoms with Crippen molar-refractivity contribution in [2.24, 2.45) is 33.7 Å². The summed E-state index contributed by atoms with van der Waals surface area (Å²) in [6.07, 6.45) is 7.58. The maximum absolute atomic E-state index is 14.2. The van der Waals surface area contributed by atoms with Crippen LogP contribution >= 0.6 is 47.4 Å². The molecule has 5 unspecified atom stereocenters. The highest BCUT2D eigenvalue weighted by molar-refractivity contribution is 8.35. The highest BCUT2D eigenvalue weighted by atomic mass is 32.2. The Kier molecular flexibility index (Phi) is 14.6. The number of ketones is 2. The lowest BCUT2D eigenvalue weighted by Crippen LogP contribution is -2.37. The minimum absolute atomic E-state index is 0.220. The normalized spacial score (nSPS) is 20.4. The standard InChI is InChI=1S/C68H57N11O3S4/c1-6-77-67(82)66(84-68(77)83)72-55-36-70-58(63-61(55)74-86-76-63)42-18-28-50(29-19-42)79(49-24-11-39(4)12-25-49)56-30-13-40(5)31-51(56)44-15-14-43-33-52-53(34-45(43)32-44)64(80)65(81)59(52)71-54-35-69-57(62-60(54)73-85-75-62)41-16-26-48(27-17-41)78(46-20-7-37(2)8-21-46)47-22-9-38(3)10-23-47/h7-13,16-31,35-36,43-45,52-53H,6,14-15,32-34H2,1-5H3. The van der Waals surface area contributed by atoms with Crippen molar-refractivity contribution in [1.82, 2.24) is 32.4 Å². The molecule has 4 fully saturated rings. The second kappa shape index (κ2) is 22.7. The van der Waals surface area contributed by atoms with Crippen LogP contribution in [0.3, 0.4) is 0 Å². The van der Waals surface area contributed by atoms with Crippen molar-refractivity contribution in [1.29, 1.82) is 0 Å². The van der Waals surface area contributed by atoms with E-state index >= 15 is 0 Å². The molecular formula is C68H57N11O3S4. The summed E-state index contributed by atoms with van der Waals surface area (Å²) in [5.74, 6) is -0.905. The SMILES string of the molecule is CCN1C(=O)C(=Nc2cnc(-c3ccc(N(c4ccc(C)cc4)c4ccc(C)cc4C4CCC5CC6C(=Nc7cnc(-c8ccc(N(c9ccc(C)cc9)c9ccc(C)cc9)cc8)c8nsnc78)C(=O)C(=O)C6CC5C4)cc3)c3nsnc23)SC1=S. The predicted molar refractivity (Wildman–Crippen MR) is 351 cm³/mol. The topological polar surface area (TPSA) is 163 Å². The van der Waals surface area contributed by atoms with Gasteiger partial charge in [0.05, 0.1) is 52.9 Å². The van der Waals surface area contributed by atoms with Crippen molar-refractivity contribution < 1.29 is 14.4 Å². The quantitative estimate of drug-likeness (QED) is 0.0839. The number of amides is 1. The first-order chi connectivity index (χ1) is 41.8. The van der Waals surface area contributed by atoms with E-state index in [0.29, 0.717) is 78.8 Å². The molecule has 0 spiro atoms. The van der Waals surface area contributed by atoms with Crippen molar-refractivity contribution in [3.8, 4) is 22.5 Å². The molecule has 14 nitrogen and oxygen atoms in total. The van der Waals surface area contributed by atoms with Crippen LogP contribution < -0.4 is 9.80 Å². The molecule has 5 atom stereocenters. The third-order valence-corrected chi connectivity index (χ3v) is 20.0. The number of thiocarbonyl (C=S) groups is 1. The fourth-order valence-electron chi connectivity index (χ4n) is 13.1. The first kappa shape index (κ1) is 55.3. The Labute approximate surface area is 515 Å². The Morgan fingerprint density at radius 1 is 0.547 bits per heavy atom. The summed E-state index contributed by atoms with van der Waals surface area (Å²) in [6, 6.07) is 49.2. The van der Waals surface area contributed by atoms with Crippen LogP contribution in [0.5, 0.6) is 0 Å². The van der Waals surface area contributed by atoms with Gasteiger partial charge in [-0.15, -0.1) is 0 Å². The van der Waals surface area contributed by atoms with Gasteiger partial charge in [0.1, 0.15) is 37.8 Å². The monoisotopic (exact) mass is 1200 g/mol. The molecule has 14 rings (SSSR count). The minimum Gasteiger partial charge on any atom is -0.311 e. The number of benzene rings is 6. The van der Waals surface area contributed by atoms with Crippen LogP contribution in [0.25, 0.3) is 44.6 Å². The number of pyridine rings is 2. The molecule has 1 amide bonds. The maximum atomic E-state index is 14.2. The van der Waals surface area contributed by atoms with E-state index in [-0.39, 0.29) is 29.4 Å². The zero-order chi connectivity index (χ0) is 58.9. The first-order valence-corrected chi connectivity index (χ1v) is 31.7. The number of Topliss-reactive ketones (excluding diaryl/α,β-unsaturated/α-hetero) is 2. The molecule has 0 N–H and O–H groups in total. The van der Waals surface area contributed by atoms with Gasteiger partial charge in [-0.1, -0.05) is 107 Å². The lowest BCUT2D eigenvalue weighted by molar-refractivity contribution is -0.135. The van der Waals surface area contributed by atoms with Gasteiger partial charge in [0.15, 0.2) is 5.04 Å². The van der Waals surface area contributed by atoms with Crippen molar-refractivity contribution in [2.75, 3.05) is 16.3 Å². The van der Waals surface area contributed by atoms with Crippen molar-refractivity contribution in [2.45, 2.75) is 72.6 Å². The summed E-state index contributed by atoms with van der Waals surface area (Å²) in [5.41, 5.74) is 18.9. The van der Waals surface area contributed by atoms with Crippen LogP contribution in [0, 0.1) is 51.4 Å². The van der Waals surface area contributed by atoms with Crippen molar-refractivity contribution in [3.63, 3.8) is 0 Å². The molecule has 0 radical (unpaired) electrons. The van der Waals surface area contributed by atoms with E-state index in [1.165, 1.54) is 44.5 Å². The van der Waals surface area contributed by atoms with Crippen molar-refractivity contribution in [3.05, 3.63) is 180 Å². The second-order valence-electron chi connectivity index (χ2n) is 23.0. The Balaban J connectivity index is 0.716. The second-order valence-corrected chi connectivity index (χ2v) is 25.7. The number of hydrogen-bond donors (Lipinski definition) is 0. The molecule has 86 heavy (non-hydrogen) atoms. The number of rotatable bonds is 12. The number of aromatic nitrogens is 6. The number of aliphatic imine (C=N–C) groups is 2. The van der Waals surface area contributed by atoms with E-state index in [9.17, 15) is 14.4 Å². The molecule has 4 aromatic heterocycles. The third-order valence-electron chi connectivity index (χ3n) is 17.6. The molecule has 1 saturated heterocycles. The highest BCUT2D eigenvalue weighted by Gasteiger charge is 2.53. The summed E-state index contributed by atoms with van der Waals surface area (Å²) in [4.78, 5) is 67.0. The summed E-state index contributed by atoms with van der Waals surface area (Å²) in [6.45, 7) is 10.8. The molecule has 4 aliphatic rings. The highest BCUT2D eigenvalue weighted by Crippen LogP contribution is 2.54. The molecule has 18 heteroatoms. The van der Waals surface area contributed by atoms with Crippen LogP contribution in [0.15, 0.2) is 162 Å². The van der Waals surface area contributed by atoms with Gasteiger partial charge >= 0.3 is 0 Å². The third kappa shape index (κ3) is 10.1.